The minimum Gasteiger partial charge on any atom is -0.376 e. The van der Waals surface area contributed by atoms with Crippen LogP contribution in [-0.4, -0.2) is 0 Å². The molecule has 7 heteroatoms. The summed E-state index contributed by atoms with van der Waals surface area (Å²) in [5, 5.41) is 1.95. The van der Waals surface area contributed by atoms with Crippen molar-refractivity contribution < 1.29 is 22.0 Å². The number of hydrogen-bond acceptors (Lipinski definition) is 1. The molecule has 1 N–H and O–H groups in total. The van der Waals surface area contributed by atoms with Crippen LogP contribution in [0.4, 0.5) is 27.6 Å². The molecule has 20 heavy (non-hydrogen) atoms. The predicted molar refractivity (Wildman–Crippen MR) is 65.0 cm³/mol. The molecule has 2 aromatic carbocycles. The molecule has 0 aliphatic carbocycles. The average molecular weight is 308 g/mol. The van der Waals surface area contributed by atoms with Crippen LogP contribution in [0.5, 0.6) is 0 Å². The third-order valence-electron chi connectivity index (χ3n) is 2.60. The summed E-state index contributed by atoms with van der Waals surface area (Å²) >= 11 is 5.54. The Hall–Kier alpha value is -1.82. The summed E-state index contributed by atoms with van der Waals surface area (Å²) in [6.07, 6.45) is 0. The van der Waals surface area contributed by atoms with Crippen molar-refractivity contribution in [2.24, 2.45) is 0 Å². The van der Waals surface area contributed by atoms with Gasteiger partial charge < -0.3 is 5.32 Å². The maximum atomic E-state index is 13.6. The summed E-state index contributed by atoms with van der Waals surface area (Å²) in [4.78, 5) is 0. The molecule has 0 heterocycles. The van der Waals surface area contributed by atoms with Crippen LogP contribution in [-0.2, 0) is 6.54 Å². The van der Waals surface area contributed by atoms with Crippen molar-refractivity contribution in [3.05, 3.63) is 63.9 Å². The van der Waals surface area contributed by atoms with Crippen LogP contribution in [0.15, 0.2) is 24.3 Å². The van der Waals surface area contributed by atoms with Gasteiger partial charge in [0.15, 0.2) is 23.3 Å². The Balaban J connectivity index is 2.30. The van der Waals surface area contributed by atoms with E-state index in [1.54, 1.807) is 0 Å². The summed E-state index contributed by atoms with van der Waals surface area (Å²) < 4.78 is 66.2. The van der Waals surface area contributed by atoms with Crippen LogP contribution in [0.2, 0.25) is 5.02 Å². The number of anilines is 1. The molecule has 2 rings (SSSR count). The number of nitrogens with one attached hydrogen (secondary N) is 1. The highest BCUT2D eigenvalue weighted by molar-refractivity contribution is 6.30. The zero-order chi connectivity index (χ0) is 14.9. The Morgan fingerprint density at radius 1 is 0.900 bits per heavy atom. The molecule has 0 aromatic heterocycles. The summed E-state index contributed by atoms with van der Waals surface area (Å²) in [6, 6.07) is 4.14. The number of halogens is 6. The maximum absolute atomic E-state index is 13.6. The Bertz CT molecular complexity index is 633. The minimum absolute atomic E-state index is 0.000898. The van der Waals surface area contributed by atoms with E-state index in [0.717, 1.165) is 0 Å². The van der Waals surface area contributed by atoms with Gasteiger partial charge in [-0.3, -0.25) is 0 Å². The van der Waals surface area contributed by atoms with Crippen molar-refractivity contribution in [2.45, 2.75) is 6.54 Å². The molecule has 0 fully saturated rings. The van der Waals surface area contributed by atoms with Crippen molar-refractivity contribution >= 4 is 17.3 Å². The molecular weight excluding hydrogens is 301 g/mol. The second-order valence-electron chi connectivity index (χ2n) is 3.91. The van der Waals surface area contributed by atoms with E-state index in [1.165, 1.54) is 18.2 Å². The summed E-state index contributed by atoms with van der Waals surface area (Å²) in [5.41, 5.74) is -0.997. The number of hydrogen-bond donors (Lipinski definition) is 1. The van der Waals surface area contributed by atoms with Crippen LogP contribution in [0.25, 0.3) is 0 Å². The largest absolute Gasteiger partial charge is 0.376 e. The molecule has 0 radical (unpaired) electrons. The molecule has 2 aromatic rings. The fourth-order valence-electron chi connectivity index (χ4n) is 1.60. The van der Waals surface area contributed by atoms with Gasteiger partial charge in [0.2, 0.25) is 0 Å². The minimum atomic E-state index is -1.58. The van der Waals surface area contributed by atoms with Crippen LogP contribution >= 0.6 is 11.6 Å². The third kappa shape index (κ3) is 2.70. The van der Waals surface area contributed by atoms with Crippen molar-refractivity contribution in [1.29, 1.82) is 0 Å². The first-order chi connectivity index (χ1) is 9.41. The normalized spacial score (nSPS) is 10.7. The van der Waals surface area contributed by atoms with Crippen molar-refractivity contribution in [1.82, 2.24) is 0 Å². The molecule has 106 valence electrons. The second-order valence-corrected chi connectivity index (χ2v) is 4.32. The molecular formula is C13H7ClF5N. The molecule has 0 aliphatic rings. The highest BCUT2D eigenvalue weighted by Crippen LogP contribution is 2.25. The summed E-state index contributed by atoms with van der Waals surface area (Å²) in [6.45, 7) is -0.386. The monoisotopic (exact) mass is 307 g/mol. The van der Waals surface area contributed by atoms with Crippen LogP contribution in [0.3, 0.4) is 0 Å². The van der Waals surface area contributed by atoms with Crippen LogP contribution in [0, 0.1) is 29.1 Å². The van der Waals surface area contributed by atoms with Gasteiger partial charge in [-0.25, -0.2) is 22.0 Å². The average Bonchev–Trinajstić information content (AvgIpc) is 2.41. The molecule has 0 saturated carbocycles. The molecule has 0 spiro atoms. The first-order valence-electron chi connectivity index (χ1n) is 5.41. The number of rotatable bonds is 3. The van der Waals surface area contributed by atoms with Gasteiger partial charge in [0.1, 0.15) is 11.5 Å². The van der Waals surface area contributed by atoms with E-state index >= 15 is 0 Å². The topological polar surface area (TPSA) is 12.0 Å². The molecule has 0 aliphatic heterocycles. The summed E-state index contributed by atoms with van der Waals surface area (Å²) in [7, 11) is 0. The summed E-state index contributed by atoms with van der Waals surface area (Å²) in [5.74, 6) is -7.02. The predicted octanol–water partition coefficient (Wildman–Crippen LogP) is 4.65. The van der Waals surface area contributed by atoms with Gasteiger partial charge in [-0.1, -0.05) is 23.7 Å². The van der Waals surface area contributed by atoms with E-state index in [9.17, 15) is 22.0 Å². The first kappa shape index (κ1) is 14.6. The molecule has 0 bridgehead atoms. The van der Waals surface area contributed by atoms with E-state index in [1.807, 2.05) is 0 Å². The molecule has 0 amide bonds. The van der Waals surface area contributed by atoms with Gasteiger partial charge in [-0.15, -0.1) is 0 Å². The van der Waals surface area contributed by atoms with Gasteiger partial charge in [0.25, 0.3) is 0 Å². The lowest BCUT2D eigenvalue weighted by molar-refractivity contribution is 0.458. The quantitative estimate of drug-likeness (QED) is 0.643. The molecule has 0 unspecified atom stereocenters. The van der Waals surface area contributed by atoms with Crippen LogP contribution < -0.4 is 5.32 Å². The Morgan fingerprint density at radius 2 is 1.50 bits per heavy atom. The van der Waals surface area contributed by atoms with Gasteiger partial charge in [0, 0.05) is 18.2 Å². The van der Waals surface area contributed by atoms with Gasteiger partial charge in [0.05, 0.1) is 5.02 Å². The smallest absolute Gasteiger partial charge is 0.185 e. The van der Waals surface area contributed by atoms with E-state index in [-0.39, 0.29) is 23.2 Å². The number of benzene rings is 2. The standard InChI is InChI=1S/C13H7ClF5N/c14-7-3-1-2-6(10(7)17)5-20-13-11(18)8(15)4-9(16)12(13)19/h1-4,20H,5H2. The van der Waals surface area contributed by atoms with Crippen molar-refractivity contribution in [3.63, 3.8) is 0 Å². The van der Waals surface area contributed by atoms with Crippen molar-refractivity contribution in [3.8, 4) is 0 Å². The zero-order valence-corrected chi connectivity index (χ0v) is 10.5. The Kier molecular flexibility index (Phi) is 4.13. The van der Waals surface area contributed by atoms with Crippen LogP contribution in [0.1, 0.15) is 5.56 Å². The van der Waals surface area contributed by atoms with Crippen molar-refractivity contribution in [2.75, 3.05) is 5.32 Å². The zero-order valence-electron chi connectivity index (χ0n) is 9.78. The second kappa shape index (κ2) is 5.66. The van der Waals surface area contributed by atoms with E-state index in [4.69, 9.17) is 11.6 Å². The lowest BCUT2D eigenvalue weighted by Gasteiger charge is -2.11. The van der Waals surface area contributed by atoms with Gasteiger partial charge >= 0.3 is 0 Å². The molecule has 0 saturated heterocycles. The van der Waals surface area contributed by atoms with Gasteiger partial charge in [-0.2, -0.15) is 0 Å². The highest BCUT2D eigenvalue weighted by Gasteiger charge is 2.19. The SMILES string of the molecule is Fc1cc(F)c(F)c(NCc2cccc(Cl)c2F)c1F. The lowest BCUT2D eigenvalue weighted by Crippen LogP contribution is -2.08. The van der Waals surface area contributed by atoms with E-state index in [0.29, 0.717) is 0 Å². The maximum Gasteiger partial charge on any atom is 0.185 e. The first-order valence-corrected chi connectivity index (χ1v) is 5.79. The Labute approximate surface area is 116 Å². The highest BCUT2D eigenvalue weighted by atomic mass is 35.5. The van der Waals surface area contributed by atoms with Gasteiger partial charge in [-0.05, 0) is 6.07 Å². The Morgan fingerprint density at radius 3 is 2.10 bits per heavy atom. The lowest BCUT2D eigenvalue weighted by atomic mass is 10.2. The fraction of sp³-hybridized carbons (Fsp3) is 0.0769. The molecule has 1 nitrogen and oxygen atoms in total. The molecule has 0 atom stereocenters. The fourth-order valence-corrected chi connectivity index (χ4v) is 1.79. The van der Waals surface area contributed by atoms with E-state index < -0.39 is 34.8 Å². The third-order valence-corrected chi connectivity index (χ3v) is 2.89. The van der Waals surface area contributed by atoms with E-state index in [2.05, 4.69) is 5.32 Å².